The Labute approximate surface area is 160 Å². The van der Waals surface area contributed by atoms with E-state index in [2.05, 4.69) is 19.1 Å². The third kappa shape index (κ3) is 5.87. The molecule has 0 aromatic heterocycles. The first-order valence-corrected chi connectivity index (χ1v) is 9.30. The Morgan fingerprint density at radius 2 is 1.74 bits per heavy atom. The van der Waals surface area contributed by atoms with Crippen molar-refractivity contribution in [3.8, 4) is 11.5 Å². The fraction of sp³-hybridized carbons (Fsp3) is 0.278. The molecule has 2 aromatic rings. The molecule has 0 aliphatic rings. The number of benzene rings is 2. The quantitative estimate of drug-likeness (QED) is 0.650. The second-order valence-corrected chi connectivity index (χ2v) is 6.00. The van der Waals surface area contributed by atoms with Crippen molar-refractivity contribution in [3.05, 3.63) is 48.0 Å². The second-order valence-electron chi connectivity index (χ2n) is 5.07. The molecule has 0 radical (unpaired) electrons. The number of ether oxygens (including phenoxy) is 2. The summed E-state index contributed by atoms with van der Waals surface area (Å²) in [6, 6.07) is 12.0. The van der Waals surface area contributed by atoms with Crippen molar-refractivity contribution in [1.29, 1.82) is 0 Å². The van der Waals surface area contributed by atoms with Crippen molar-refractivity contribution in [2.24, 2.45) is 9.63 Å². The van der Waals surface area contributed by atoms with E-state index in [1.165, 1.54) is 7.11 Å². The van der Waals surface area contributed by atoms with Gasteiger partial charge in [0.1, 0.15) is 17.2 Å². The van der Waals surface area contributed by atoms with Gasteiger partial charge in [-0.05, 0) is 26.0 Å². The van der Waals surface area contributed by atoms with Crippen molar-refractivity contribution >= 4 is 28.5 Å². The Bertz CT molecular complexity index is 827. The first-order chi connectivity index (χ1) is 13.1. The van der Waals surface area contributed by atoms with E-state index in [9.17, 15) is 9.00 Å². The monoisotopic (exact) mass is 391 g/mol. The SMILES string of the molecule is CCOc1cc(NC(=O)c2ccccc2)c(OCC)cc1N=NS(=O)OC. The molecule has 0 aliphatic heterocycles. The van der Waals surface area contributed by atoms with Crippen LogP contribution in [0, 0.1) is 0 Å². The minimum atomic E-state index is -1.90. The maximum absolute atomic E-state index is 12.5. The fourth-order valence-electron chi connectivity index (χ4n) is 2.17. The topological polar surface area (TPSA) is 98.6 Å². The van der Waals surface area contributed by atoms with Crippen molar-refractivity contribution in [2.45, 2.75) is 13.8 Å². The molecule has 0 saturated carbocycles. The lowest BCUT2D eigenvalue weighted by Gasteiger charge is -2.15. The van der Waals surface area contributed by atoms with Crippen LogP contribution in [-0.2, 0) is 15.4 Å². The lowest BCUT2D eigenvalue weighted by atomic mass is 10.2. The third-order valence-corrected chi connectivity index (χ3v) is 3.80. The van der Waals surface area contributed by atoms with E-state index < -0.39 is 11.3 Å². The van der Waals surface area contributed by atoms with Crippen LogP contribution in [0.5, 0.6) is 11.5 Å². The predicted octanol–water partition coefficient (Wildman–Crippen LogP) is 4.05. The normalized spacial score (nSPS) is 12.0. The standard InChI is InChI=1S/C18H21N3O5S/c1-4-25-16-12-15(20-21-27(23)24-3)17(26-5-2)11-14(16)19-18(22)13-9-7-6-8-10-13/h6-12H,4-5H2,1-3H3,(H,19,22). The molecular formula is C18H21N3O5S. The number of anilines is 1. The van der Waals surface area contributed by atoms with Gasteiger partial charge in [0.2, 0.25) is 0 Å². The highest BCUT2D eigenvalue weighted by molar-refractivity contribution is 7.78. The highest BCUT2D eigenvalue weighted by Crippen LogP contribution is 2.39. The van der Waals surface area contributed by atoms with Gasteiger partial charge >= 0.3 is 11.3 Å². The molecule has 0 spiro atoms. The molecule has 2 rings (SSSR count). The minimum absolute atomic E-state index is 0.283. The highest BCUT2D eigenvalue weighted by atomic mass is 32.2. The summed E-state index contributed by atoms with van der Waals surface area (Å²) < 4.78 is 30.6. The molecule has 1 atom stereocenters. The van der Waals surface area contributed by atoms with E-state index in [0.717, 1.165) is 0 Å². The van der Waals surface area contributed by atoms with Gasteiger partial charge in [0.15, 0.2) is 0 Å². The van der Waals surface area contributed by atoms with Gasteiger partial charge in [-0.15, -0.1) is 5.11 Å². The largest absolute Gasteiger partial charge is 0.492 e. The zero-order valence-corrected chi connectivity index (χ0v) is 16.1. The van der Waals surface area contributed by atoms with Crippen LogP contribution in [0.4, 0.5) is 11.4 Å². The average molecular weight is 391 g/mol. The van der Waals surface area contributed by atoms with Gasteiger partial charge in [0.25, 0.3) is 5.91 Å². The van der Waals surface area contributed by atoms with Crippen LogP contribution in [0.1, 0.15) is 24.2 Å². The smallest absolute Gasteiger partial charge is 0.303 e. The second kappa shape index (κ2) is 10.4. The molecule has 0 aliphatic carbocycles. The van der Waals surface area contributed by atoms with Crippen molar-refractivity contribution < 1.29 is 22.7 Å². The van der Waals surface area contributed by atoms with Gasteiger partial charge in [-0.3, -0.25) is 8.98 Å². The maximum Gasteiger partial charge on any atom is 0.303 e. The lowest BCUT2D eigenvalue weighted by molar-refractivity contribution is 0.102. The Kier molecular flexibility index (Phi) is 7.90. The van der Waals surface area contributed by atoms with Crippen molar-refractivity contribution in [3.63, 3.8) is 0 Å². The fourth-order valence-corrected chi connectivity index (χ4v) is 2.39. The predicted molar refractivity (Wildman–Crippen MR) is 103 cm³/mol. The van der Waals surface area contributed by atoms with Crippen molar-refractivity contribution in [1.82, 2.24) is 0 Å². The summed E-state index contributed by atoms with van der Waals surface area (Å²) in [4.78, 5) is 12.5. The van der Waals surface area contributed by atoms with Gasteiger partial charge < -0.3 is 14.8 Å². The zero-order valence-electron chi connectivity index (χ0n) is 15.3. The summed E-state index contributed by atoms with van der Waals surface area (Å²) in [5.74, 6) is 0.470. The number of carbonyl (C=O) groups is 1. The van der Waals surface area contributed by atoms with E-state index in [1.54, 1.807) is 36.4 Å². The van der Waals surface area contributed by atoms with Crippen LogP contribution in [0.3, 0.4) is 0 Å². The van der Waals surface area contributed by atoms with E-state index in [-0.39, 0.29) is 5.91 Å². The van der Waals surface area contributed by atoms with Gasteiger partial charge in [-0.1, -0.05) is 22.7 Å². The summed E-state index contributed by atoms with van der Waals surface area (Å²) in [6.45, 7) is 4.38. The van der Waals surface area contributed by atoms with Crippen LogP contribution in [-0.4, -0.2) is 30.4 Å². The lowest BCUT2D eigenvalue weighted by Crippen LogP contribution is -2.13. The average Bonchev–Trinajstić information content (AvgIpc) is 2.69. The summed E-state index contributed by atoms with van der Waals surface area (Å²) in [6.07, 6.45) is 0. The Morgan fingerprint density at radius 3 is 2.37 bits per heavy atom. The highest BCUT2D eigenvalue weighted by Gasteiger charge is 2.15. The number of amides is 1. The number of rotatable bonds is 9. The maximum atomic E-state index is 12.5. The molecule has 0 bridgehead atoms. The van der Waals surface area contributed by atoms with Crippen LogP contribution in [0.2, 0.25) is 0 Å². The Hall–Kier alpha value is -2.78. The molecule has 1 amide bonds. The summed E-state index contributed by atoms with van der Waals surface area (Å²) in [7, 11) is 1.26. The molecule has 2 aromatic carbocycles. The summed E-state index contributed by atoms with van der Waals surface area (Å²) in [5, 5.41) is 6.71. The molecule has 0 saturated heterocycles. The zero-order chi connectivity index (χ0) is 19.6. The van der Waals surface area contributed by atoms with Crippen LogP contribution in [0.25, 0.3) is 0 Å². The number of carbonyl (C=O) groups excluding carboxylic acids is 1. The molecule has 8 nitrogen and oxygen atoms in total. The Morgan fingerprint density at radius 1 is 1.07 bits per heavy atom. The van der Waals surface area contributed by atoms with Crippen molar-refractivity contribution in [2.75, 3.05) is 25.6 Å². The van der Waals surface area contributed by atoms with E-state index >= 15 is 0 Å². The van der Waals surface area contributed by atoms with Crippen LogP contribution < -0.4 is 14.8 Å². The van der Waals surface area contributed by atoms with E-state index in [0.29, 0.717) is 41.7 Å². The minimum Gasteiger partial charge on any atom is -0.492 e. The van der Waals surface area contributed by atoms with Crippen LogP contribution in [0.15, 0.2) is 52.1 Å². The van der Waals surface area contributed by atoms with E-state index in [4.69, 9.17) is 9.47 Å². The summed E-state index contributed by atoms with van der Waals surface area (Å²) >= 11 is -1.90. The van der Waals surface area contributed by atoms with Gasteiger partial charge in [-0.2, -0.15) is 0 Å². The van der Waals surface area contributed by atoms with Crippen LogP contribution >= 0.6 is 0 Å². The number of nitrogens with zero attached hydrogens (tertiary/aromatic N) is 2. The molecule has 27 heavy (non-hydrogen) atoms. The van der Waals surface area contributed by atoms with E-state index in [1.807, 2.05) is 19.9 Å². The molecule has 0 heterocycles. The molecule has 1 N–H and O–H groups in total. The third-order valence-electron chi connectivity index (χ3n) is 3.30. The molecule has 1 unspecified atom stereocenters. The number of hydrogen-bond acceptors (Lipinski definition) is 6. The molecule has 144 valence electrons. The molecule has 0 fully saturated rings. The first kappa shape index (κ1) is 20.5. The molecule has 9 heteroatoms. The van der Waals surface area contributed by atoms with Gasteiger partial charge in [0.05, 0.1) is 26.0 Å². The van der Waals surface area contributed by atoms with Gasteiger partial charge in [-0.25, -0.2) is 4.21 Å². The first-order valence-electron chi connectivity index (χ1n) is 8.27. The number of nitrogens with one attached hydrogen (secondary N) is 1. The van der Waals surface area contributed by atoms with Gasteiger partial charge in [0, 0.05) is 17.7 Å². The Balaban J connectivity index is 2.40. The number of hydrogen-bond donors (Lipinski definition) is 1. The molecular weight excluding hydrogens is 370 g/mol. The summed E-state index contributed by atoms with van der Waals surface area (Å²) in [5.41, 5.74) is 1.25.